The second-order valence-corrected chi connectivity index (χ2v) is 5.32. The lowest BCUT2D eigenvalue weighted by Gasteiger charge is -2.24. The highest BCUT2D eigenvalue weighted by molar-refractivity contribution is 5.99. The van der Waals surface area contributed by atoms with Gasteiger partial charge in [-0.05, 0) is 45.8 Å². The van der Waals surface area contributed by atoms with E-state index in [1.165, 1.54) is 12.8 Å². The first kappa shape index (κ1) is 14.7. The first-order chi connectivity index (χ1) is 9.61. The van der Waals surface area contributed by atoms with Crippen molar-refractivity contribution in [3.05, 3.63) is 23.5 Å². The number of hydrazine groups is 1. The molecule has 0 spiro atoms. The van der Waals surface area contributed by atoms with Crippen LogP contribution in [0.25, 0.3) is 0 Å². The molecule has 1 saturated heterocycles. The van der Waals surface area contributed by atoms with E-state index in [1.54, 1.807) is 12.3 Å². The van der Waals surface area contributed by atoms with Crippen LogP contribution < -0.4 is 16.6 Å². The van der Waals surface area contributed by atoms with Gasteiger partial charge in [0.25, 0.3) is 5.91 Å². The number of hydrogen-bond acceptors (Lipinski definition) is 5. The summed E-state index contributed by atoms with van der Waals surface area (Å²) in [4.78, 5) is 18.7. The van der Waals surface area contributed by atoms with E-state index in [2.05, 4.69) is 27.6 Å². The molecule has 0 radical (unpaired) electrons. The lowest BCUT2D eigenvalue weighted by Crippen LogP contribution is -2.40. The zero-order valence-electron chi connectivity index (χ0n) is 12.1. The maximum Gasteiger partial charge on any atom is 0.255 e. The van der Waals surface area contributed by atoms with Gasteiger partial charge in [-0.3, -0.25) is 20.5 Å². The standard InChI is InChI=1S/C14H23N5O/c1-10-7-13(18-15)12(9-16-10)14(20)17-8-11(2)19-5-3-4-6-19/h7,9,11H,3-6,8,15H2,1-2H3,(H,16,18)(H,17,20). The predicted molar refractivity (Wildman–Crippen MR) is 79.4 cm³/mol. The number of likely N-dealkylation sites (tertiary alicyclic amines) is 1. The minimum Gasteiger partial charge on any atom is -0.350 e. The van der Waals surface area contributed by atoms with Crippen molar-refractivity contribution in [3.63, 3.8) is 0 Å². The van der Waals surface area contributed by atoms with Gasteiger partial charge in [-0.25, -0.2) is 0 Å². The number of hydrogen-bond donors (Lipinski definition) is 3. The first-order valence-corrected chi connectivity index (χ1v) is 7.07. The third kappa shape index (κ3) is 3.46. The zero-order valence-corrected chi connectivity index (χ0v) is 12.1. The zero-order chi connectivity index (χ0) is 14.5. The summed E-state index contributed by atoms with van der Waals surface area (Å²) in [6, 6.07) is 2.12. The number of nitrogen functional groups attached to an aromatic ring is 1. The highest BCUT2D eigenvalue weighted by atomic mass is 16.1. The van der Waals surface area contributed by atoms with E-state index in [0.717, 1.165) is 18.8 Å². The van der Waals surface area contributed by atoms with E-state index < -0.39 is 0 Å². The van der Waals surface area contributed by atoms with Crippen molar-refractivity contribution in [3.8, 4) is 0 Å². The molecule has 1 aromatic rings. The van der Waals surface area contributed by atoms with Crippen LogP contribution in [0.3, 0.4) is 0 Å². The van der Waals surface area contributed by atoms with Crippen LogP contribution in [0.1, 0.15) is 35.8 Å². The summed E-state index contributed by atoms with van der Waals surface area (Å²) in [6.07, 6.45) is 4.06. The maximum atomic E-state index is 12.2. The lowest BCUT2D eigenvalue weighted by molar-refractivity contribution is 0.0941. The van der Waals surface area contributed by atoms with E-state index >= 15 is 0 Å². The normalized spacial score (nSPS) is 16.9. The number of aryl methyl sites for hydroxylation is 1. The molecule has 110 valence electrons. The molecule has 0 aromatic carbocycles. The predicted octanol–water partition coefficient (Wildman–Crippen LogP) is 0.890. The maximum absolute atomic E-state index is 12.2. The molecule has 2 rings (SSSR count). The van der Waals surface area contributed by atoms with Crippen molar-refractivity contribution >= 4 is 11.6 Å². The summed E-state index contributed by atoms with van der Waals surface area (Å²) in [5, 5.41) is 2.95. The largest absolute Gasteiger partial charge is 0.350 e. The fraction of sp³-hybridized carbons (Fsp3) is 0.571. The Morgan fingerprint density at radius 1 is 1.50 bits per heavy atom. The molecular weight excluding hydrogens is 254 g/mol. The summed E-state index contributed by atoms with van der Waals surface area (Å²) in [5.41, 5.74) is 4.45. The Labute approximate surface area is 119 Å². The summed E-state index contributed by atoms with van der Waals surface area (Å²) in [6.45, 7) is 6.88. The van der Waals surface area contributed by atoms with Gasteiger partial charge in [0.05, 0.1) is 11.3 Å². The average molecular weight is 277 g/mol. The molecule has 1 fully saturated rings. The number of pyridine rings is 1. The quantitative estimate of drug-likeness (QED) is 0.550. The van der Waals surface area contributed by atoms with Gasteiger partial charge >= 0.3 is 0 Å². The number of nitrogens with one attached hydrogen (secondary N) is 2. The summed E-state index contributed by atoms with van der Waals surface area (Å²) in [7, 11) is 0. The van der Waals surface area contributed by atoms with Crippen molar-refractivity contribution in [2.24, 2.45) is 5.84 Å². The molecule has 1 aliphatic heterocycles. The van der Waals surface area contributed by atoms with E-state index in [0.29, 0.717) is 23.8 Å². The van der Waals surface area contributed by atoms with E-state index in [-0.39, 0.29) is 5.91 Å². The SMILES string of the molecule is Cc1cc(NN)c(C(=O)NCC(C)N2CCCC2)cn1. The Bertz CT molecular complexity index is 471. The Hall–Kier alpha value is -1.66. The summed E-state index contributed by atoms with van der Waals surface area (Å²) < 4.78 is 0. The van der Waals surface area contributed by atoms with E-state index in [9.17, 15) is 4.79 Å². The number of nitrogens with zero attached hydrogens (tertiary/aromatic N) is 2. The third-order valence-electron chi connectivity index (χ3n) is 3.76. The van der Waals surface area contributed by atoms with Gasteiger partial charge in [-0.15, -0.1) is 0 Å². The minimum absolute atomic E-state index is 0.142. The number of anilines is 1. The molecule has 6 nitrogen and oxygen atoms in total. The second-order valence-electron chi connectivity index (χ2n) is 5.32. The van der Waals surface area contributed by atoms with Gasteiger partial charge in [-0.2, -0.15) is 0 Å². The highest BCUT2D eigenvalue weighted by Crippen LogP contribution is 2.15. The van der Waals surface area contributed by atoms with Crippen LogP contribution >= 0.6 is 0 Å². The fourth-order valence-electron chi connectivity index (χ4n) is 2.51. The third-order valence-corrected chi connectivity index (χ3v) is 3.76. The fourth-order valence-corrected chi connectivity index (χ4v) is 2.51. The smallest absolute Gasteiger partial charge is 0.255 e. The van der Waals surface area contributed by atoms with Gasteiger partial charge in [0.2, 0.25) is 0 Å². The van der Waals surface area contributed by atoms with Crippen LogP contribution in [0.4, 0.5) is 5.69 Å². The van der Waals surface area contributed by atoms with Crippen LogP contribution in [-0.4, -0.2) is 41.5 Å². The molecule has 0 aliphatic carbocycles. The van der Waals surface area contributed by atoms with Crippen LogP contribution in [0.15, 0.2) is 12.3 Å². The van der Waals surface area contributed by atoms with Crippen molar-refractivity contribution in [2.45, 2.75) is 32.7 Å². The van der Waals surface area contributed by atoms with Crippen LogP contribution in [-0.2, 0) is 0 Å². The molecule has 1 atom stereocenters. The number of aromatic nitrogens is 1. The van der Waals surface area contributed by atoms with E-state index in [4.69, 9.17) is 5.84 Å². The van der Waals surface area contributed by atoms with E-state index in [1.807, 2.05) is 6.92 Å². The average Bonchev–Trinajstić information content (AvgIpc) is 2.98. The Morgan fingerprint density at radius 2 is 2.20 bits per heavy atom. The molecule has 6 heteroatoms. The first-order valence-electron chi connectivity index (χ1n) is 7.07. The molecule has 1 aliphatic rings. The van der Waals surface area contributed by atoms with Gasteiger partial charge in [-0.1, -0.05) is 0 Å². The topological polar surface area (TPSA) is 83.3 Å². The van der Waals surface area contributed by atoms with Crippen molar-refractivity contribution in [1.82, 2.24) is 15.2 Å². The molecule has 1 unspecified atom stereocenters. The van der Waals surface area contributed by atoms with Gasteiger partial charge in [0.15, 0.2) is 0 Å². The molecule has 1 aromatic heterocycles. The summed E-state index contributed by atoms with van der Waals surface area (Å²) >= 11 is 0. The second kappa shape index (κ2) is 6.67. The summed E-state index contributed by atoms with van der Waals surface area (Å²) in [5.74, 6) is 5.30. The number of carbonyl (C=O) groups is 1. The molecule has 0 bridgehead atoms. The molecule has 1 amide bonds. The molecular formula is C14H23N5O. The Balaban J connectivity index is 1.94. The molecule has 4 N–H and O–H groups in total. The van der Waals surface area contributed by atoms with Gasteiger partial charge in [0, 0.05) is 24.5 Å². The van der Waals surface area contributed by atoms with Crippen LogP contribution in [0.2, 0.25) is 0 Å². The van der Waals surface area contributed by atoms with Crippen LogP contribution in [0, 0.1) is 6.92 Å². The number of amides is 1. The lowest BCUT2D eigenvalue weighted by atomic mass is 10.2. The van der Waals surface area contributed by atoms with Crippen molar-refractivity contribution in [2.75, 3.05) is 25.1 Å². The molecule has 2 heterocycles. The Kier molecular flexibility index (Phi) is 4.92. The monoisotopic (exact) mass is 277 g/mol. The minimum atomic E-state index is -0.142. The number of carbonyl (C=O) groups excluding carboxylic acids is 1. The molecule has 0 saturated carbocycles. The van der Waals surface area contributed by atoms with Crippen LogP contribution in [0.5, 0.6) is 0 Å². The highest BCUT2D eigenvalue weighted by Gasteiger charge is 2.19. The van der Waals surface area contributed by atoms with Crippen molar-refractivity contribution in [1.29, 1.82) is 0 Å². The molecule has 20 heavy (non-hydrogen) atoms. The Morgan fingerprint density at radius 3 is 2.85 bits per heavy atom. The number of rotatable bonds is 5. The van der Waals surface area contributed by atoms with Crippen molar-refractivity contribution < 1.29 is 4.79 Å². The van der Waals surface area contributed by atoms with Gasteiger partial charge in [0.1, 0.15) is 0 Å². The number of nitrogens with two attached hydrogens (primary N) is 1. The van der Waals surface area contributed by atoms with Gasteiger partial charge < -0.3 is 10.7 Å².